The maximum atomic E-state index is 5.87. The molecule has 0 aliphatic rings. The molecule has 0 heterocycles. The molecule has 2 nitrogen and oxygen atoms in total. The van der Waals surface area contributed by atoms with Crippen LogP contribution in [0.5, 0.6) is 11.5 Å². The van der Waals surface area contributed by atoms with Crippen LogP contribution in [0.4, 0.5) is 0 Å². The minimum absolute atomic E-state index is 0.181. The summed E-state index contributed by atoms with van der Waals surface area (Å²) >= 11 is 0. The van der Waals surface area contributed by atoms with Crippen LogP contribution in [-0.2, 0) is 0 Å². The molecule has 2 rings (SSSR count). The van der Waals surface area contributed by atoms with Gasteiger partial charge in [-0.2, -0.15) is 0 Å². The van der Waals surface area contributed by atoms with Gasteiger partial charge in [0.1, 0.15) is 17.1 Å². The summed E-state index contributed by atoms with van der Waals surface area (Å²) in [7, 11) is 0. The fourth-order valence-electron chi connectivity index (χ4n) is 2.48. The zero-order valence-electron chi connectivity index (χ0n) is 15.4. The Kier molecular flexibility index (Phi) is 6.72. The molecule has 0 saturated heterocycles. The van der Waals surface area contributed by atoms with E-state index in [0.717, 1.165) is 35.7 Å². The van der Waals surface area contributed by atoms with Gasteiger partial charge in [0.2, 0.25) is 0 Å². The molecule has 0 spiro atoms. The molecule has 0 bridgehead atoms. The highest BCUT2D eigenvalue weighted by Crippen LogP contribution is 2.26. The molecule has 0 atom stereocenters. The summed E-state index contributed by atoms with van der Waals surface area (Å²) in [5.74, 6) is 1.80. The van der Waals surface area contributed by atoms with Gasteiger partial charge in [-0.1, -0.05) is 44.4 Å². The molecule has 24 heavy (non-hydrogen) atoms. The van der Waals surface area contributed by atoms with Crippen molar-refractivity contribution >= 4 is 0 Å². The summed E-state index contributed by atoms with van der Waals surface area (Å²) in [5, 5.41) is 0. The van der Waals surface area contributed by atoms with E-state index in [0.29, 0.717) is 0 Å². The normalized spacial score (nSPS) is 11.3. The Morgan fingerprint density at radius 2 is 1.67 bits per heavy atom. The highest BCUT2D eigenvalue weighted by molar-refractivity contribution is 5.65. The number of hydrogen-bond acceptors (Lipinski definition) is 2. The van der Waals surface area contributed by atoms with Crippen molar-refractivity contribution in [2.45, 2.75) is 59.0 Å². The van der Waals surface area contributed by atoms with Crippen LogP contribution >= 0.6 is 0 Å². The van der Waals surface area contributed by atoms with Gasteiger partial charge in [-0.05, 0) is 68.7 Å². The molecule has 129 valence electrons. The third-order valence-corrected chi connectivity index (χ3v) is 3.63. The quantitative estimate of drug-likeness (QED) is 0.531. The molecule has 2 aromatic carbocycles. The van der Waals surface area contributed by atoms with E-state index < -0.39 is 0 Å². The molecule has 1 radical (unpaired) electrons. The molecule has 2 aromatic rings. The fraction of sp³-hybridized carbons (Fsp3) is 0.455. The van der Waals surface area contributed by atoms with Gasteiger partial charge >= 0.3 is 0 Å². The Labute approximate surface area is 146 Å². The van der Waals surface area contributed by atoms with Crippen molar-refractivity contribution in [1.29, 1.82) is 0 Å². The smallest absolute Gasteiger partial charge is 0.120 e. The summed E-state index contributed by atoms with van der Waals surface area (Å²) in [5.41, 5.74) is 1.98. The number of unbranched alkanes of at least 4 members (excludes halogenated alkanes) is 3. The average Bonchev–Trinajstić information content (AvgIpc) is 2.54. The Balaban J connectivity index is 1.97. The zero-order valence-corrected chi connectivity index (χ0v) is 15.4. The third kappa shape index (κ3) is 6.27. The predicted octanol–water partition coefficient (Wildman–Crippen LogP) is 6.29. The van der Waals surface area contributed by atoms with Crippen molar-refractivity contribution in [3.8, 4) is 22.6 Å². The van der Waals surface area contributed by atoms with Crippen LogP contribution in [0.1, 0.15) is 53.4 Å². The zero-order chi connectivity index (χ0) is 17.4. The first-order valence-electron chi connectivity index (χ1n) is 8.92. The number of rotatable bonds is 8. The van der Waals surface area contributed by atoms with Gasteiger partial charge in [0, 0.05) is 0 Å². The van der Waals surface area contributed by atoms with E-state index in [-0.39, 0.29) is 5.60 Å². The first-order valence-corrected chi connectivity index (χ1v) is 8.92. The van der Waals surface area contributed by atoms with E-state index in [1.807, 2.05) is 24.3 Å². The SMILES string of the molecule is CCCCCCOc1cc[c]c(-c2ccc(OC(C)(C)C)cc2)c1. The highest BCUT2D eigenvalue weighted by atomic mass is 16.5. The fourth-order valence-corrected chi connectivity index (χ4v) is 2.48. The minimum Gasteiger partial charge on any atom is -0.494 e. The van der Waals surface area contributed by atoms with E-state index in [4.69, 9.17) is 9.47 Å². The molecule has 0 aliphatic heterocycles. The second-order valence-electron chi connectivity index (χ2n) is 7.09. The van der Waals surface area contributed by atoms with E-state index >= 15 is 0 Å². The first-order chi connectivity index (χ1) is 11.5. The first kappa shape index (κ1) is 18.4. The van der Waals surface area contributed by atoms with Gasteiger partial charge < -0.3 is 9.47 Å². The summed E-state index contributed by atoms with van der Waals surface area (Å²) in [6.45, 7) is 9.15. The molecule has 2 heteroatoms. The maximum absolute atomic E-state index is 5.87. The van der Waals surface area contributed by atoms with Crippen LogP contribution in [0.25, 0.3) is 11.1 Å². The minimum atomic E-state index is -0.181. The van der Waals surface area contributed by atoms with Crippen LogP contribution in [0.3, 0.4) is 0 Å². The average molecular weight is 325 g/mol. The second kappa shape index (κ2) is 8.77. The lowest BCUT2D eigenvalue weighted by Crippen LogP contribution is -2.22. The van der Waals surface area contributed by atoms with Crippen LogP contribution in [0.2, 0.25) is 0 Å². The van der Waals surface area contributed by atoms with Crippen molar-refractivity contribution < 1.29 is 9.47 Å². The molecule has 0 aromatic heterocycles. The van der Waals surface area contributed by atoms with Crippen molar-refractivity contribution in [2.75, 3.05) is 6.61 Å². The number of ether oxygens (including phenoxy) is 2. The van der Waals surface area contributed by atoms with Gasteiger partial charge in [-0.3, -0.25) is 0 Å². The van der Waals surface area contributed by atoms with Crippen molar-refractivity contribution in [3.05, 3.63) is 48.5 Å². The van der Waals surface area contributed by atoms with Crippen molar-refractivity contribution in [1.82, 2.24) is 0 Å². The Hall–Kier alpha value is -1.96. The van der Waals surface area contributed by atoms with Gasteiger partial charge in [-0.15, -0.1) is 0 Å². The maximum Gasteiger partial charge on any atom is 0.120 e. The molecule has 0 N–H and O–H groups in total. The van der Waals surface area contributed by atoms with Crippen LogP contribution in [0, 0.1) is 6.07 Å². The summed E-state index contributed by atoms with van der Waals surface area (Å²) < 4.78 is 11.7. The van der Waals surface area contributed by atoms with E-state index in [9.17, 15) is 0 Å². The second-order valence-corrected chi connectivity index (χ2v) is 7.09. The number of benzene rings is 2. The van der Waals surface area contributed by atoms with Gasteiger partial charge in [-0.25, -0.2) is 0 Å². The summed E-state index contributed by atoms with van der Waals surface area (Å²) in [6, 6.07) is 17.4. The monoisotopic (exact) mass is 325 g/mol. The van der Waals surface area contributed by atoms with Crippen molar-refractivity contribution in [2.24, 2.45) is 0 Å². The van der Waals surface area contributed by atoms with E-state index in [1.165, 1.54) is 19.3 Å². The summed E-state index contributed by atoms with van der Waals surface area (Å²) in [6.07, 6.45) is 4.87. The van der Waals surface area contributed by atoms with Gasteiger partial charge in [0.15, 0.2) is 0 Å². The molecular formula is C22H29O2. The van der Waals surface area contributed by atoms with Crippen molar-refractivity contribution in [3.63, 3.8) is 0 Å². The molecule has 0 saturated carbocycles. The Bertz CT molecular complexity index is 609. The van der Waals surface area contributed by atoms with Crippen LogP contribution < -0.4 is 9.47 Å². The lowest BCUT2D eigenvalue weighted by atomic mass is 10.1. The predicted molar refractivity (Wildman–Crippen MR) is 101 cm³/mol. The Morgan fingerprint density at radius 1 is 0.917 bits per heavy atom. The lowest BCUT2D eigenvalue weighted by Gasteiger charge is -2.21. The third-order valence-electron chi connectivity index (χ3n) is 3.63. The van der Waals surface area contributed by atoms with E-state index in [2.05, 4.69) is 52.0 Å². The van der Waals surface area contributed by atoms with E-state index in [1.54, 1.807) is 0 Å². The Morgan fingerprint density at radius 3 is 2.33 bits per heavy atom. The number of hydrogen-bond donors (Lipinski definition) is 0. The summed E-state index contributed by atoms with van der Waals surface area (Å²) in [4.78, 5) is 0. The lowest BCUT2D eigenvalue weighted by molar-refractivity contribution is 0.131. The van der Waals surface area contributed by atoms with Gasteiger partial charge in [0.05, 0.1) is 6.61 Å². The molecule has 0 fully saturated rings. The topological polar surface area (TPSA) is 18.5 Å². The van der Waals surface area contributed by atoms with Crippen LogP contribution in [0.15, 0.2) is 42.5 Å². The van der Waals surface area contributed by atoms with Gasteiger partial charge in [0.25, 0.3) is 0 Å². The largest absolute Gasteiger partial charge is 0.494 e. The molecule has 0 aliphatic carbocycles. The molecular weight excluding hydrogens is 296 g/mol. The van der Waals surface area contributed by atoms with Crippen LogP contribution in [-0.4, -0.2) is 12.2 Å². The highest BCUT2D eigenvalue weighted by Gasteiger charge is 2.11. The standard InChI is InChI=1S/C22H29O2/c1-5-6-7-8-16-23-21-11-9-10-19(17-21)18-12-14-20(15-13-18)24-22(2,3)4/h9,11-15,17H,5-8,16H2,1-4H3. The molecule has 0 amide bonds. The molecule has 0 unspecified atom stereocenters.